The molecule has 0 aromatic rings. The van der Waals surface area contributed by atoms with Gasteiger partial charge in [0.2, 0.25) is 0 Å². The molecule has 0 bridgehead atoms. The monoisotopic (exact) mass is 468 g/mol. The summed E-state index contributed by atoms with van der Waals surface area (Å²) in [6.07, 6.45) is -3.21. The second-order valence-electron chi connectivity index (χ2n) is 7.73. The van der Waals surface area contributed by atoms with Gasteiger partial charge in [-0.25, -0.2) is 0 Å². The van der Waals surface area contributed by atoms with Crippen molar-refractivity contribution < 1.29 is 38.0 Å². The second kappa shape index (κ2) is 8.93. The van der Waals surface area contributed by atoms with Crippen LogP contribution in [0.4, 0.5) is 0 Å². The quantitative estimate of drug-likeness (QED) is 0.412. The summed E-state index contributed by atoms with van der Waals surface area (Å²) >= 11 is -2.30. The van der Waals surface area contributed by atoms with Gasteiger partial charge in [-0.2, -0.15) is 0 Å². The van der Waals surface area contributed by atoms with Gasteiger partial charge in [0.1, 0.15) is 0 Å². The van der Waals surface area contributed by atoms with Crippen LogP contribution >= 0.6 is 10.4 Å². The first kappa shape index (κ1) is 22.8. The Labute approximate surface area is 166 Å². The molecule has 156 valence electrons. The van der Waals surface area contributed by atoms with Crippen molar-refractivity contribution >= 4 is 34.2 Å². The van der Waals surface area contributed by atoms with Crippen LogP contribution in [-0.4, -0.2) is 73.5 Å². The average molecular weight is 468 g/mol. The van der Waals surface area contributed by atoms with Crippen LogP contribution in [0.25, 0.3) is 0 Å². The van der Waals surface area contributed by atoms with Crippen LogP contribution in [0.1, 0.15) is 27.7 Å². The summed E-state index contributed by atoms with van der Waals surface area (Å²) < 4.78 is 33.9. The summed E-state index contributed by atoms with van der Waals surface area (Å²) in [5.74, 6) is -1.65. The van der Waals surface area contributed by atoms with E-state index in [1.807, 2.05) is 25.3 Å². The fraction of sp³-hybridized carbons (Fsp3) is 0.882. The van der Waals surface area contributed by atoms with Gasteiger partial charge in [-0.1, -0.05) is 0 Å². The zero-order chi connectivity index (χ0) is 20.4. The van der Waals surface area contributed by atoms with E-state index in [4.69, 9.17) is 38.8 Å². The Morgan fingerprint density at radius 2 is 1.74 bits per heavy atom. The number of hydrogen-bond acceptors (Lipinski definition) is 9. The molecule has 0 saturated carbocycles. The SMILES string of the molecule is CC(=O)O[C@H]1[C@H](OC[C@H]2COC(C)(C)O2)O[C@H](C[As](C)(C)=S)[C@H]1OC(C)=O. The third-order valence-corrected chi connectivity index (χ3v) is 7.38. The predicted octanol–water partition coefficient (Wildman–Crippen LogP) is 2.15. The van der Waals surface area contributed by atoms with Crippen molar-refractivity contribution in [3.63, 3.8) is 0 Å². The molecule has 2 aliphatic rings. The van der Waals surface area contributed by atoms with E-state index in [0.717, 1.165) is 0 Å². The molecular weight excluding hydrogens is 439 g/mol. The van der Waals surface area contributed by atoms with Crippen LogP contribution < -0.4 is 0 Å². The van der Waals surface area contributed by atoms with Crippen LogP contribution in [0.3, 0.4) is 0 Å². The molecule has 0 radical (unpaired) electrons. The molecule has 2 rings (SSSR count). The fourth-order valence-corrected chi connectivity index (χ4v) is 6.30. The van der Waals surface area contributed by atoms with E-state index in [2.05, 4.69) is 0 Å². The third-order valence-electron chi connectivity index (χ3n) is 4.00. The van der Waals surface area contributed by atoms with Crippen molar-refractivity contribution in [2.24, 2.45) is 0 Å². The van der Waals surface area contributed by atoms with E-state index in [-0.39, 0.29) is 12.7 Å². The number of carbonyl (C=O) groups excluding carboxylic acids is 2. The van der Waals surface area contributed by atoms with Gasteiger partial charge in [0, 0.05) is 0 Å². The molecular formula is C17H29AsO8S. The molecule has 8 nitrogen and oxygen atoms in total. The molecule has 0 aliphatic carbocycles. The molecule has 2 aliphatic heterocycles. The van der Waals surface area contributed by atoms with Crippen molar-refractivity contribution in [2.75, 3.05) is 13.2 Å². The van der Waals surface area contributed by atoms with Gasteiger partial charge in [-0.15, -0.1) is 0 Å². The molecule has 10 heteroatoms. The van der Waals surface area contributed by atoms with Gasteiger partial charge >= 0.3 is 166 Å². The zero-order valence-corrected chi connectivity index (χ0v) is 19.3. The fourth-order valence-electron chi connectivity index (χ4n) is 3.10. The van der Waals surface area contributed by atoms with E-state index in [1.165, 1.54) is 13.8 Å². The molecule has 0 aromatic carbocycles. The molecule has 0 spiro atoms. The van der Waals surface area contributed by atoms with Crippen molar-refractivity contribution in [1.82, 2.24) is 0 Å². The van der Waals surface area contributed by atoms with Crippen molar-refractivity contribution in [2.45, 2.75) is 80.8 Å². The molecule has 27 heavy (non-hydrogen) atoms. The van der Waals surface area contributed by atoms with Crippen LogP contribution in [-0.2, 0) is 38.0 Å². The van der Waals surface area contributed by atoms with E-state index < -0.39 is 54.2 Å². The van der Waals surface area contributed by atoms with Crippen LogP contribution in [0.15, 0.2) is 0 Å². The van der Waals surface area contributed by atoms with E-state index in [0.29, 0.717) is 11.8 Å². The van der Waals surface area contributed by atoms with E-state index in [9.17, 15) is 9.59 Å². The molecule has 0 amide bonds. The average Bonchev–Trinajstić information content (AvgIpc) is 2.96. The predicted molar refractivity (Wildman–Crippen MR) is 101 cm³/mol. The molecule has 0 N–H and O–H groups in total. The Balaban J connectivity index is 2.11. The Morgan fingerprint density at radius 1 is 1.15 bits per heavy atom. The Hall–Kier alpha value is -0.442. The molecule has 2 heterocycles. The first-order chi connectivity index (χ1) is 12.4. The van der Waals surface area contributed by atoms with Crippen molar-refractivity contribution in [3.8, 4) is 0 Å². The van der Waals surface area contributed by atoms with Gasteiger partial charge in [-0.05, 0) is 0 Å². The van der Waals surface area contributed by atoms with Gasteiger partial charge < -0.3 is 0 Å². The van der Waals surface area contributed by atoms with E-state index in [1.54, 1.807) is 0 Å². The maximum atomic E-state index is 11.6. The molecule has 5 atom stereocenters. The number of ether oxygens (including phenoxy) is 6. The number of hydrogen-bond donors (Lipinski definition) is 0. The Kier molecular flexibility index (Phi) is 7.55. The van der Waals surface area contributed by atoms with Crippen LogP contribution in [0.5, 0.6) is 0 Å². The summed E-state index contributed by atoms with van der Waals surface area (Å²) in [7, 11) is 5.60. The van der Waals surface area contributed by atoms with Crippen LogP contribution in [0.2, 0.25) is 16.6 Å². The molecule has 2 fully saturated rings. The van der Waals surface area contributed by atoms with Crippen molar-refractivity contribution in [1.29, 1.82) is 0 Å². The normalized spacial score (nSPS) is 33.0. The minimum atomic E-state index is -2.30. The van der Waals surface area contributed by atoms with Gasteiger partial charge in [0.25, 0.3) is 0 Å². The number of esters is 2. The summed E-state index contributed by atoms with van der Waals surface area (Å²) in [5, 5.41) is 0.596. The third kappa shape index (κ3) is 7.14. The molecule has 0 aromatic heterocycles. The summed E-state index contributed by atoms with van der Waals surface area (Å²) in [6, 6.07) is 0. The molecule has 0 unspecified atom stereocenters. The zero-order valence-electron chi connectivity index (χ0n) is 16.6. The topological polar surface area (TPSA) is 89.5 Å². The maximum absolute atomic E-state index is 11.6. The summed E-state index contributed by atoms with van der Waals surface area (Å²) in [5.41, 5.74) is 4.09. The minimum absolute atomic E-state index is 0.197. The van der Waals surface area contributed by atoms with Crippen molar-refractivity contribution in [3.05, 3.63) is 0 Å². The standard InChI is InChI=1S/C17H29AsO8S/c1-10(19)23-14-13(7-18(5,6)27)25-16(15(14)24-11(2)20)21-8-12-9-22-17(3,4)26-12/h12-16H,7-9H2,1-6H3/t12-,13+,14+,15+,16+/m0/s1. The number of carbonyl (C=O) groups is 2. The Morgan fingerprint density at radius 3 is 2.22 bits per heavy atom. The van der Waals surface area contributed by atoms with Crippen LogP contribution in [0, 0.1) is 0 Å². The Bertz CT molecular complexity index is 604. The van der Waals surface area contributed by atoms with Gasteiger partial charge in [-0.3, -0.25) is 0 Å². The molecule has 2 saturated heterocycles. The second-order valence-corrected chi connectivity index (χ2v) is 20.2. The van der Waals surface area contributed by atoms with E-state index >= 15 is 0 Å². The van der Waals surface area contributed by atoms with Gasteiger partial charge in [0.05, 0.1) is 0 Å². The first-order valence-electron chi connectivity index (χ1n) is 8.83. The number of rotatable bonds is 7. The van der Waals surface area contributed by atoms with Gasteiger partial charge in [0.15, 0.2) is 0 Å². The first-order valence-corrected chi connectivity index (χ1v) is 16.6. The summed E-state index contributed by atoms with van der Waals surface area (Å²) in [4.78, 5) is 23.2. The summed E-state index contributed by atoms with van der Waals surface area (Å²) in [6.45, 7) is 6.83.